The Kier molecular flexibility index (Phi) is 6.21. The summed E-state index contributed by atoms with van der Waals surface area (Å²) in [4.78, 5) is 25.9. The third-order valence-corrected chi connectivity index (χ3v) is 8.38. The number of halogens is 2. The van der Waals surface area contributed by atoms with E-state index in [2.05, 4.69) is 39.3 Å². The highest BCUT2D eigenvalue weighted by atomic mass is 19.1. The van der Waals surface area contributed by atoms with E-state index in [1.165, 1.54) is 24.5 Å². The highest BCUT2D eigenvalue weighted by Crippen LogP contribution is 2.69. The van der Waals surface area contributed by atoms with E-state index in [4.69, 9.17) is 9.40 Å². The summed E-state index contributed by atoms with van der Waals surface area (Å²) >= 11 is 0. The van der Waals surface area contributed by atoms with Gasteiger partial charge in [0.15, 0.2) is 0 Å². The molecule has 1 aromatic carbocycles. The molecule has 0 aliphatic heterocycles. The van der Waals surface area contributed by atoms with Crippen LogP contribution in [0.4, 0.5) is 8.78 Å². The number of oxazole rings is 1. The lowest BCUT2D eigenvalue weighted by molar-refractivity contribution is -0.120. The zero-order chi connectivity index (χ0) is 28.2. The number of hydrogen-bond donors (Lipinski definition) is 2. The Labute approximate surface area is 229 Å². The highest BCUT2D eigenvalue weighted by Gasteiger charge is 2.65. The second-order valence-electron chi connectivity index (χ2n) is 11.1. The van der Waals surface area contributed by atoms with Crippen LogP contribution >= 0.6 is 0 Å². The molecule has 2 aliphatic carbocycles. The fraction of sp³-hybridized carbons (Fsp3) is 0.379. The molecule has 1 saturated carbocycles. The summed E-state index contributed by atoms with van der Waals surface area (Å²) in [6.45, 7) is 6.04. The minimum absolute atomic E-state index is 0.00408. The smallest absolute Gasteiger partial charge is 0.246 e. The van der Waals surface area contributed by atoms with Gasteiger partial charge in [-0.15, -0.1) is 5.10 Å². The van der Waals surface area contributed by atoms with E-state index < -0.39 is 23.2 Å². The average Bonchev–Trinajstić information content (AvgIpc) is 3.55. The quantitative estimate of drug-likeness (QED) is 0.355. The first-order valence-corrected chi connectivity index (χ1v) is 13.2. The van der Waals surface area contributed by atoms with Crippen molar-refractivity contribution in [2.24, 2.45) is 5.41 Å². The maximum atomic E-state index is 14.5. The molecule has 11 heteroatoms. The maximum absolute atomic E-state index is 14.5. The van der Waals surface area contributed by atoms with Gasteiger partial charge in [0.25, 0.3) is 0 Å². The minimum atomic E-state index is -0.685. The monoisotopic (exact) mass is 546 g/mol. The first-order valence-electron chi connectivity index (χ1n) is 13.2. The summed E-state index contributed by atoms with van der Waals surface area (Å²) < 4.78 is 34.7. The molecule has 0 saturated heterocycles. The standard InChI is InChI=1S/C29H28F2N6O3/c1-15(38)11-33-24(39)9-16-14-40-27(34-16)22-12-32-13-23(35-22)29-8-7-18(28(29,2)3)17-10-21(36-37-26(17)29)25-19(30)5-4-6-20(25)31/h4-6,10,12-15,18,38H,7-9,11H2,1-3H3,(H,33,39)/t15-,18+,29-/m1/s1. The van der Waals surface area contributed by atoms with Crippen LogP contribution in [0, 0.1) is 17.0 Å². The summed E-state index contributed by atoms with van der Waals surface area (Å²) in [6, 6.07) is 5.51. The highest BCUT2D eigenvalue weighted by molar-refractivity contribution is 5.78. The van der Waals surface area contributed by atoms with Gasteiger partial charge in [0.1, 0.15) is 23.6 Å². The molecule has 0 spiro atoms. The molecule has 0 unspecified atom stereocenters. The van der Waals surface area contributed by atoms with Crippen molar-refractivity contribution in [1.82, 2.24) is 30.5 Å². The van der Waals surface area contributed by atoms with Crippen molar-refractivity contribution in [1.29, 1.82) is 0 Å². The van der Waals surface area contributed by atoms with Crippen molar-refractivity contribution in [2.45, 2.75) is 57.5 Å². The molecule has 3 atom stereocenters. The van der Waals surface area contributed by atoms with E-state index in [0.717, 1.165) is 24.1 Å². The second-order valence-corrected chi connectivity index (χ2v) is 11.1. The van der Waals surface area contributed by atoms with Gasteiger partial charge in [-0.3, -0.25) is 9.78 Å². The minimum Gasteiger partial charge on any atom is -0.443 e. The number of aliphatic hydroxyl groups is 1. The molecule has 1 fully saturated rings. The molecular formula is C29H28F2N6O3. The van der Waals surface area contributed by atoms with Crippen molar-refractivity contribution in [3.63, 3.8) is 0 Å². The Hall–Kier alpha value is -4.12. The van der Waals surface area contributed by atoms with E-state index >= 15 is 0 Å². The Morgan fingerprint density at radius 3 is 2.70 bits per heavy atom. The number of rotatable bonds is 7. The van der Waals surface area contributed by atoms with Gasteiger partial charge < -0.3 is 14.8 Å². The van der Waals surface area contributed by atoms with E-state index in [1.54, 1.807) is 25.4 Å². The lowest BCUT2D eigenvalue weighted by Gasteiger charge is -2.37. The first kappa shape index (κ1) is 26.1. The molecule has 2 aliphatic rings. The Bertz CT molecular complexity index is 1600. The Morgan fingerprint density at radius 2 is 1.95 bits per heavy atom. The number of fused-ring (bicyclic) bond motifs is 5. The molecule has 40 heavy (non-hydrogen) atoms. The summed E-state index contributed by atoms with van der Waals surface area (Å²) in [5.74, 6) is -1.34. The summed E-state index contributed by atoms with van der Waals surface area (Å²) in [6.07, 6.45) is 5.62. The van der Waals surface area contributed by atoms with Crippen LogP contribution in [0.1, 0.15) is 62.2 Å². The number of carbonyl (C=O) groups is 1. The zero-order valence-electron chi connectivity index (χ0n) is 22.3. The zero-order valence-corrected chi connectivity index (χ0v) is 22.3. The average molecular weight is 547 g/mol. The molecule has 0 radical (unpaired) electrons. The molecular weight excluding hydrogens is 518 g/mol. The maximum Gasteiger partial charge on any atom is 0.246 e. The predicted octanol–water partition coefficient (Wildman–Crippen LogP) is 4.11. The molecule has 4 aromatic rings. The number of aliphatic hydroxyl groups excluding tert-OH is 1. The van der Waals surface area contributed by atoms with Crippen molar-refractivity contribution in [3.05, 3.63) is 77.2 Å². The van der Waals surface area contributed by atoms with Crippen LogP contribution in [-0.2, 0) is 16.6 Å². The number of nitrogens with zero attached hydrogens (tertiary/aromatic N) is 5. The van der Waals surface area contributed by atoms with Crippen LogP contribution in [0.3, 0.4) is 0 Å². The SMILES string of the molecule is C[C@@H](O)CNC(=O)Cc1coc(-c2cncc([C@]34CC[C@@H](c5cc(-c6c(F)cccc6F)nnc53)C4(C)C)n2)n1. The van der Waals surface area contributed by atoms with Gasteiger partial charge in [-0.2, -0.15) is 5.10 Å². The molecule has 9 nitrogen and oxygen atoms in total. The molecule has 3 heterocycles. The molecule has 6 rings (SSSR count). The number of carbonyl (C=O) groups excluding carboxylic acids is 1. The number of hydrogen-bond acceptors (Lipinski definition) is 8. The Balaban J connectivity index is 1.35. The van der Waals surface area contributed by atoms with E-state index in [9.17, 15) is 18.7 Å². The lowest BCUT2D eigenvalue weighted by atomic mass is 9.66. The summed E-state index contributed by atoms with van der Waals surface area (Å²) in [7, 11) is 0. The van der Waals surface area contributed by atoms with Crippen molar-refractivity contribution >= 4 is 5.91 Å². The van der Waals surface area contributed by atoms with Gasteiger partial charge in [-0.25, -0.2) is 18.7 Å². The second kappa shape index (κ2) is 9.51. The largest absolute Gasteiger partial charge is 0.443 e. The van der Waals surface area contributed by atoms with E-state index in [-0.39, 0.29) is 47.4 Å². The van der Waals surface area contributed by atoms with Gasteiger partial charge in [0.05, 0.1) is 52.5 Å². The third kappa shape index (κ3) is 3.98. The molecule has 3 aromatic heterocycles. The van der Waals surface area contributed by atoms with Crippen LogP contribution in [0.2, 0.25) is 0 Å². The number of amides is 1. The van der Waals surface area contributed by atoms with E-state index in [0.29, 0.717) is 17.1 Å². The number of nitrogens with one attached hydrogen (secondary N) is 1. The van der Waals surface area contributed by atoms with Gasteiger partial charge >= 0.3 is 0 Å². The molecule has 1 amide bonds. The van der Waals surface area contributed by atoms with Crippen molar-refractivity contribution in [2.75, 3.05) is 6.54 Å². The van der Waals surface area contributed by atoms with Crippen LogP contribution in [0.5, 0.6) is 0 Å². The van der Waals surface area contributed by atoms with Gasteiger partial charge in [-0.1, -0.05) is 19.9 Å². The van der Waals surface area contributed by atoms with Crippen LogP contribution < -0.4 is 5.32 Å². The summed E-state index contributed by atoms with van der Waals surface area (Å²) in [5.41, 5.74) is 2.21. The van der Waals surface area contributed by atoms with Gasteiger partial charge in [-0.05, 0) is 54.9 Å². The molecule has 2 bridgehead atoms. The van der Waals surface area contributed by atoms with Crippen molar-refractivity contribution < 1.29 is 23.1 Å². The topological polar surface area (TPSA) is 127 Å². The van der Waals surface area contributed by atoms with Crippen molar-refractivity contribution in [3.8, 4) is 22.8 Å². The van der Waals surface area contributed by atoms with Gasteiger partial charge in [0.2, 0.25) is 11.8 Å². The summed E-state index contributed by atoms with van der Waals surface area (Å²) in [5, 5.41) is 20.8. The molecule has 2 N–H and O–H groups in total. The van der Waals surface area contributed by atoms with Crippen LogP contribution in [0.25, 0.3) is 22.8 Å². The predicted molar refractivity (Wildman–Crippen MR) is 140 cm³/mol. The van der Waals surface area contributed by atoms with Crippen LogP contribution in [0.15, 0.2) is 47.3 Å². The normalized spacial score (nSPS) is 21.3. The number of benzene rings is 1. The third-order valence-electron chi connectivity index (χ3n) is 8.38. The Morgan fingerprint density at radius 1 is 1.18 bits per heavy atom. The first-order chi connectivity index (χ1) is 19.1. The fourth-order valence-electron chi connectivity index (χ4n) is 6.43. The van der Waals surface area contributed by atoms with Gasteiger partial charge in [0, 0.05) is 12.7 Å². The fourth-order valence-corrected chi connectivity index (χ4v) is 6.43. The lowest BCUT2D eigenvalue weighted by Crippen LogP contribution is -2.38. The number of aromatic nitrogens is 5. The van der Waals surface area contributed by atoms with Crippen LogP contribution in [-0.4, -0.2) is 48.8 Å². The molecule has 206 valence electrons. The van der Waals surface area contributed by atoms with E-state index in [1.807, 2.05) is 0 Å².